The molecule has 0 spiro atoms. The molecular weight excluding hydrogens is 358 g/mol. The highest BCUT2D eigenvalue weighted by Gasteiger charge is 2.44. The van der Waals surface area contributed by atoms with E-state index in [0.29, 0.717) is 0 Å². The van der Waals surface area contributed by atoms with Crippen LogP contribution in [0.2, 0.25) is 0 Å². The van der Waals surface area contributed by atoms with E-state index in [1.54, 1.807) is 4.68 Å². The first-order valence-electron chi connectivity index (χ1n) is 9.89. The van der Waals surface area contributed by atoms with Gasteiger partial charge in [0.15, 0.2) is 0 Å². The minimum absolute atomic E-state index is 0.261. The molecule has 4 heterocycles. The van der Waals surface area contributed by atoms with E-state index in [9.17, 15) is 4.79 Å². The van der Waals surface area contributed by atoms with E-state index in [2.05, 4.69) is 34.4 Å². The van der Waals surface area contributed by atoms with Crippen LogP contribution in [0.25, 0.3) is 0 Å². The summed E-state index contributed by atoms with van der Waals surface area (Å²) in [6.07, 6.45) is 5.81. The molecule has 2 aromatic rings. The Kier molecular flexibility index (Phi) is 5.23. The number of aromatic nitrogens is 2. The summed E-state index contributed by atoms with van der Waals surface area (Å²) in [6, 6.07) is 6.37. The van der Waals surface area contributed by atoms with Crippen LogP contribution in [0.4, 0.5) is 5.82 Å². The number of anilines is 1. The summed E-state index contributed by atoms with van der Waals surface area (Å²) in [4.78, 5) is 20.7. The monoisotopic (exact) mass is 387 g/mol. The number of piperidine rings is 1. The maximum atomic E-state index is 13.4. The van der Waals surface area contributed by atoms with Crippen LogP contribution in [-0.4, -0.2) is 57.2 Å². The van der Waals surface area contributed by atoms with Gasteiger partial charge >= 0.3 is 0 Å². The summed E-state index contributed by atoms with van der Waals surface area (Å²) in [5, 5.41) is 8.00. The van der Waals surface area contributed by atoms with Crippen LogP contribution in [0, 0.1) is 6.92 Å². The molecule has 0 radical (unpaired) electrons. The molecule has 0 aliphatic carbocycles. The molecule has 0 aromatic carbocycles. The summed E-state index contributed by atoms with van der Waals surface area (Å²) < 4.78 is 1.78. The molecule has 4 rings (SSSR count). The first-order valence-corrected chi connectivity index (χ1v) is 10.7. The molecule has 0 saturated carbocycles. The SMILES string of the molecule is Cc1ccc(CN2CCC(Nc3ccn(C)n3)(C(=O)N3CCCC3)CC2)s1. The van der Waals surface area contributed by atoms with Crippen molar-refractivity contribution < 1.29 is 4.79 Å². The van der Waals surface area contributed by atoms with Gasteiger partial charge in [0.2, 0.25) is 5.91 Å². The van der Waals surface area contributed by atoms with Gasteiger partial charge in [-0.25, -0.2) is 0 Å². The third kappa shape index (κ3) is 4.04. The fourth-order valence-electron chi connectivity index (χ4n) is 4.23. The first kappa shape index (κ1) is 18.5. The maximum Gasteiger partial charge on any atom is 0.248 e. The molecule has 146 valence electrons. The predicted molar refractivity (Wildman–Crippen MR) is 109 cm³/mol. The highest BCUT2D eigenvalue weighted by Crippen LogP contribution is 2.31. The van der Waals surface area contributed by atoms with Gasteiger partial charge in [-0.15, -0.1) is 11.3 Å². The Bertz CT molecular complexity index is 784. The van der Waals surface area contributed by atoms with Crippen LogP contribution in [0.15, 0.2) is 24.4 Å². The second kappa shape index (κ2) is 7.64. The van der Waals surface area contributed by atoms with Crippen molar-refractivity contribution in [2.75, 3.05) is 31.5 Å². The molecule has 2 aliphatic rings. The number of amides is 1. The molecule has 7 heteroatoms. The van der Waals surface area contributed by atoms with Crippen molar-refractivity contribution in [1.29, 1.82) is 0 Å². The van der Waals surface area contributed by atoms with Crippen LogP contribution < -0.4 is 5.32 Å². The standard InChI is InChI=1S/C20H29N5OS/c1-16-5-6-17(27-16)15-24-13-8-20(9-14-24,19(26)25-10-3-4-11-25)21-18-7-12-23(2)22-18/h5-7,12H,3-4,8-11,13-15H2,1-2H3,(H,21,22). The number of thiophene rings is 1. The molecular formula is C20H29N5OS. The van der Waals surface area contributed by atoms with Crippen LogP contribution >= 0.6 is 11.3 Å². The normalized spacial score (nSPS) is 20.1. The van der Waals surface area contributed by atoms with Crippen LogP contribution in [0.5, 0.6) is 0 Å². The van der Waals surface area contributed by atoms with E-state index in [1.165, 1.54) is 9.75 Å². The van der Waals surface area contributed by atoms with E-state index in [1.807, 2.05) is 35.5 Å². The topological polar surface area (TPSA) is 53.4 Å². The summed E-state index contributed by atoms with van der Waals surface area (Å²) in [5.41, 5.74) is -0.527. The Hall–Kier alpha value is -1.86. The lowest BCUT2D eigenvalue weighted by molar-refractivity contribution is -0.136. The van der Waals surface area contributed by atoms with Gasteiger partial charge in [0, 0.05) is 61.8 Å². The molecule has 0 atom stereocenters. The zero-order valence-electron chi connectivity index (χ0n) is 16.3. The van der Waals surface area contributed by atoms with Gasteiger partial charge in [-0.1, -0.05) is 0 Å². The second-order valence-corrected chi connectivity index (χ2v) is 9.24. The molecule has 2 aromatic heterocycles. The quantitative estimate of drug-likeness (QED) is 0.857. The van der Waals surface area contributed by atoms with Crippen LogP contribution in [-0.2, 0) is 18.4 Å². The van der Waals surface area contributed by atoms with Gasteiger partial charge in [0.25, 0.3) is 0 Å². The fraction of sp³-hybridized carbons (Fsp3) is 0.600. The zero-order chi connectivity index (χ0) is 18.9. The van der Waals surface area contributed by atoms with E-state index >= 15 is 0 Å². The Labute approximate surface area is 165 Å². The molecule has 2 aliphatic heterocycles. The fourth-order valence-corrected chi connectivity index (χ4v) is 5.16. The van der Waals surface area contributed by atoms with Gasteiger partial charge in [0.1, 0.15) is 11.4 Å². The Balaban J connectivity index is 1.48. The Morgan fingerprint density at radius 3 is 2.52 bits per heavy atom. The molecule has 6 nitrogen and oxygen atoms in total. The number of carbonyl (C=O) groups is 1. The molecule has 2 fully saturated rings. The average Bonchev–Trinajstić information content (AvgIpc) is 3.40. The van der Waals surface area contributed by atoms with Gasteiger partial charge < -0.3 is 10.2 Å². The highest BCUT2D eigenvalue weighted by atomic mass is 32.1. The van der Waals surface area contributed by atoms with Gasteiger partial charge in [0.05, 0.1) is 0 Å². The van der Waals surface area contributed by atoms with Crippen molar-refractivity contribution >= 4 is 23.1 Å². The van der Waals surface area contributed by atoms with Crippen LogP contribution in [0.3, 0.4) is 0 Å². The summed E-state index contributed by atoms with van der Waals surface area (Å²) in [6.45, 7) is 6.77. The summed E-state index contributed by atoms with van der Waals surface area (Å²) >= 11 is 1.87. The number of carbonyl (C=O) groups excluding carboxylic acids is 1. The van der Waals surface area contributed by atoms with E-state index in [4.69, 9.17) is 0 Å². The average molecular weight is 388 g/mol. The number of nitrogens with zero attached hydrogens (tertiary/aromatic N) is 4. The van der Waals surface area contributed by atoms with Crippen molar-refractivity contribution in [3.63, 3.8) is 0 Å². The van der Waals surface area contributed by atoms with Crippen LogP contribution in [0.1, 0.15) is 35.4 Å². The zero-order valence-corrected chi connectivity index (χ0v) is 17.1. The lowest BCUT2D eigenvalue weighted by Crippen LogP contribution is -2.58. The lowest BCUT2D eigenvalue weighted by Gasteiger charge is -2.43. The molecule has 0 unspecified atom stereocenters. The van der Waals surface area contributed by atoms with E-state index < -0.39 is 5.54 Å². The van der Waals surface area contributed by atoms with Gasteiger partial charge in [-0.05, 0) is 44.7 Å². The number of rotatable bonds is 5. The predicted octanol–water partition coefficient (Wildman–Crippen LogP) is 2.86. The van der Waals surface area contributed by atoms with Crippen molar-refractivity contribution in [3.05, 3.63) is 34.2 Å². The highest BCUT2D eigenvalue weighted by molar-refractivity contribution is 7.11. The molecule has 2 saturated heterocycles. The minimum atomic E-state index is -0.527. The lowest BCUT2D eigenvalue weighted by atomic mass is 9.85. The molecule has 0 bridgehead atoms. The molecule has 1 amide bonds. The minimum Gasteiger partial charge on any atom is -0.354 e. The Morgan fingerprint density at radius 1 is 1.19 bits per heavy atom. The number of hydrogen-bond acceptors (Lipinski definition) is 5. The second-order valence-electron chi connectivity index (χ2n) is 7.87. The van der Waals surface area contributed by atoms with Crippen molar-refractivity contribution in [1.82, 2.24) is 19.6 Å². The van der Waals surface area contributed by atoms with Crippen molar-refractivity contribution in [3.8, 4) is 0 Å². The van der Waals surface area contributed by atoms with Gasteiger partial charge in [-0.3, -0.25) is 14.4 Å². The summed E-state index contributed by atoms with van der Waals surface area (Å²) in [7, 11) is 1.91. The summed E-state index contributed by atoms with van der Waals surface area (Å²) in [5.74, 6) is 1.06. The number of nitrogens with one attached hydrogen (secondary N) is 1. The largest absolute Gasteiger partial charge is 0.354 e. The van der Waals surface area contributed by atoms with E-state index in [0.717, 1.165) is 64.2 Å². The number of likely N-dealkylation sites (tertiary alicyclic amines) is 2. The third-order valence-corrected chi connectivity index (χ3v) is 6.75. The number of aryl methyl sites for hydroxylation is 2. The molecule has 1 N–H and O–H groups in total. The number of hydrogen-bond donors (Lipinski definition) is 1. The van der Waals surface area contributed by atoms with Gasteiger partial charge in [-0.2, -0.15) is 5.10 Å². The van der Waals surface area contributed by atoms with E-state index in [-0.39, 0.29) is 5.91 Å². The van der Waals surface area contributed by atoms with Crippen molar-refractivity contribution in [2.45, 2.75) is 44.7 Å². The third-order valence-electron chi connectivity index (χ3n) is 5.77. The first-order chi connectivity index (χ1) is 13.0. The Morgan fingerprint density at radius 2 is 1.93 bits per heavy atom. The smallest absolute Gasteiger partial charge is 0.248 e. The maximum absolute atomic E-state index is 13.4. The molecule has 27 heavy (non-hydrogen) atoms. The van der Waals surface area contributed by atoms with Crippen molar-refractivity contribution in [2.24, 2.45) is 7.05 Å².